The fraction of sp³-hybridized carbons (Fsp3) is 0.923. The van der Waals surface area contributed by atoms with Crippen LogP contribution in [0.5, 0.6) is 0 Å². The number of carbonyl (C=O) groups excluding carboxylic acids is 1. The summed E-state index contributed by atoms with van der Waals surface area (Å²) in [7, 11) is 0. The minimum atomic E-state index is 0.0450. The van der Waals surface area contributed by atoms with Gasteiger partial charge in [0, 0.05) is 5.41 Å². The predicted molar refractivity (Wildman–Crippen MR) is 57.2 cm³/mol. The summed E-state index contributed by atoms with van der Waals surface area (Å²) < 4.78 is 5.20. The standard InChI is InChI=1S/C13H20O2/c1-8(2)11-4-10-3-9(11)5-13(10)6-12(14)15-7-13/h8-11H,3-7H2,1-2H3. The Balaban J connectivity index is 1.77. The third kappa shape index (κ3) is 1.26. The number of cyclic esters (lactones) is 1. The van der Waals surface area contributed by atoms with E-state index in [4.69, 9.17) is 4.74 Å². The molecule has 2 heteroatoms. The Morgan fingerprint density at radius 1 is 1.40 bits per heavy atom. The second-order valence-electron chi connectivity index (χ2n) is 6.24. The highest BCUT2D eigenvalue weighted by Gasteiger charge is 2.58. The SMILES string of the molecule is CC(C)C1CC2CC1CC21COC(=O)C1. The van der Waals surface area contributed by atoms with Crippen LogP contribution in [-0.4, -0.2) is 12.6 Å². The number of fused-ring (bicyclic) bond motifs is 3. The van der Waals surface area contributed by atoms with Crippen LogP contribution < -0.4 is 0 Å². The van der Waals surface area contributed by atoms with E-state index in [1.165, 1.54) is 19.3 Å². The maximum Gasteiger partial charge on any atom is 0.306 e. The topological polar surface area (TPSA) is 26.3 Å². The van der Waals surface area contributed by atoms with E-state index in [9.17, 15) is 4.79 Å². The van der Waals surface area contributed by atoms with Gasteiger partial charge in [-0.05, 0) is 42.9 Å². The molecule has 0 aromatic rings. The van der Waals surface area contributed by atoms with Crippen molar-refractivity contribution in [3.05, 3.63) is 0 Å². The third-order valence-corrected chi connectivity index (χ3v) is 5.16. The smallest absolute Gasteiger partial charge is 0.306 e. The summed E-state index contributed by atoms with van der Waals surface area (Å²) in [4.78, 5) is 11.3. The van der Waals surface area contributed by atoms with Gasteiger partial charge in [-0.15, -0.1) is 0 Å². The first-order chi connectivity index (χ1) is 7.11. The molecule has 84 valence electrons. The molecule has 2 bridgehead atoms. The van der Waals surface area contributed by atoms with Crippen LogP contribution in [0.2, 0.25) is 0 Å². The first-order valence-corrected chi connectivity index (χ1v) is 6.26. The van der Waals surface area contributed by atoms with Crippen molar-refractivity contribution in [2.75, 3.05) is 6.61 Å². The largest absolute Gasteiger partial charge is 0.465 e. The zero-order valence-corrected chi connectivity index (χ0v) is 9.66. The summed E-state index contributed by atoms with van der Waals surface area (Å²) in [5, 5.41) is 0. The summed E-state index contributed by atoms with van der Waals surface area (Å²) in [6.45, 7) is 5.40. The molecule has 0 aromatic carbocycles. The highest BCUT2D eigenvalue weighted by Crippen LogP contribution is 2.62. The first kappa shape index (κ1) is 9.68. The van der Waals surface area contributed by atoms with Crippen molar-refractivity contribution >= 4 is 5.97 Å². The van der Waals surface area contributed by atoms with Gasteiger partial charge in [-0.2, -0.15) is 0 Å². The molecule has 2 aliphatic carbocycles. The Morgan fingerprint density at radius 2 is 2.20 bits per heavy atom. The van der Waals surface area contributed by atoms with Gasteiger partial charge in [-0.3, -0.25) is 4.79 Å². The first-order valence-electron chi connectivity index (χ1n) is 6.26. The van der Waals surface area contributed by atoms with E-state index in [0.29, 0.717) is 6.42 Å². The van der Waals surface area contributed by atoms with Crippen LogP contribution in [0, 0.1) is 29.1 Å². The van der Waals surface area contributed by atoms with E-state index in [-0.39, 0.29) is 11.4 Å². The minimum absolute atomic E-state index is 0.0450. The van der Waals surface area contributed by atoms with Crippen molar-refractivity contribution in [1.29, 1.82) is 0 Å². The quantitative estimate of drug-likeness (QED) is 0.619. The second-order valence-corrected chi connectivity index (χ2v) is 6.24. The zero-order valence-electron chi connectivity index (χ0n) is 9.66. The molecular formula is C13H20O2. The lowest BCUT2D eigenvalue weighted by Crippen LogP contribution is -2.32. The number of ether oxygens (including phenoxy) is 1. The van der Waals surface area contributed by atoms with Crippen LogP contribution in [0.15, 0.2) is 0 Å². The third-order valence-electron chi connectivity index (χ3n) is 5.16. The minimum Gasteiger partial charge on any atom is -0.465 e. The molecule has 0 radical (unpaired) electrons. The molecule has 15 heavy (non-hydrogen) atoms. The van der Waals surface area contributed by atoms with Crippen molar-refractivity contribution in [3.8, 4) is 0 Å². The molecule has 0 aromatic heterocycles. The van der Waals surface area contributed by atoms with Crippen LogP contribution in [-0.2, 0) is 9.53 Å². The maximum absolute atomic E-state index is 11.3. The molecular weight excluding hydrogens is 188 g/mol. The lowest BCUT2D eigenvalue weighted by molar-refractivity contribution is -0.137. The van der Waals surface area contributed by atoms with Crippen molar-refractivity contribution in [2.24, 2.45) is 29.1 Å². The van der Waals surface area contributed by atoms with E-state index in [0.717, 1.165) is 30.3 Å². The molecule has 1 saturated heterocycles. The number of hydrogen-bond acceptors (Lipinski definition) is 2. The lowest BCUT2D eigenvalue weighted by Gasteiger charge is -2.36. The molecule has 1 aliphatic heterocycles. The van der Waals surface area contributed by atoms with Gasteiger partial charge in [-0.1, -0.05) is 13.8 Å². The fourth-order valence-electron chi connectivity index (χ4n) is 4.40. The molecule has 3 rings (SSSR count). The average Bonchev–Trinajstić information content (AvgIpc) is 2.80. The molecule has 0 N–H and O–H groups in total. The summed E-state index contributed by atoms with van der Waals surface area (Å²) in [6, 6.07) is 0. The molecule has 1 heterocycles. The summed E-state index contributed by atoms with van der Waals surface area (Å²) >= 11 is 0. The van der Waals surface area contributed by atoms with Gasteiger partial charge in [-0.25, -0.2) is 0 Å². The molecule has 4 unspecified atom stereocenters. The average molecular weight is 208 g/mol. The van der Waals surface area contributed by atoms with E-state index >= 15 is 0 Å². The maximum atomic E-state index is 11.3. The van der Waals surface area contributed by atoms with E-state index in [2.05, 4.69) is 13.8 Å². The molecule has 2 saturated carbocycles. The van der Waals surface area contributed by atoms with Gasteiger partial charge >= 0.3 is 5.97 Å². The van der Waals surface area contributed by atoms with E-state index in [1.807, 2.05) is 0 Å². The summed E-state index contributed by atoms with van der Waals surface area (Å²) in [5.74, 6) is 3.43. The van der Waals surface area contributed by atoms with Crippen LogP contribution in [0.1, 0.15) is 39.5 Å². The van der Waals surface area contributed by atoms with Crippen molar-refractivity contribution in [1.82, 2.24) is 0 Å². The summed E-state index contributed by atoms with van der Waals surface area (Å²) in [5.41, 5.74) is 0.271. The number of hydrogen-bond donors (Lipinski definition) is 0. The van der Waals surface area contributed by atoms with Gasteiger partial charge in [0.05, 0.1) is 13.0 Å². The monoisotopic (exact) mass is 208 g/mol. The van der Waals surface area contributed by atoms with Crippen LogP contribution >= 0.6 is 0 Å². The lowest BCUT2D eigenvalue weighted by atomic mass is 9.67. The number of rotatable bonds is 1. The predicted octanol–water partition coefficient (Wildman–Crippen LogP) is 2.62. The second kappa shape index (κ2) is 2.99. The molecule has 3 fully saturated rings. The Morgan fingerprint density at radius 3 is 2.67 bits per heavy atom. The van der Waals surface area contributed by atoms with Crippen LogP contribution in [0.25, 0.3) is 0 Å². The van der Waals surface area contributed by atoms with Gasteiger partial charge in [0.1, 0.15) is 0 Å². The van der Waals surface area contributed by atoms with Gasteiger partial charge in [0.15, 0.2) is 0 Å². The Labute approximate surface area is 91.4 Å². The van der Waals surface area contributed by atoms with Crippen molar-refractivity contribution < 1.29 is 9.53 Å². The molecule has 4 atom stereocenters. The Bertz CT molecular complexity index is 297. The van der Waals surface area contributed by atoms with Gasteiger partial charge in [0.25, 0.3) is 0 Å². The fourth-order valence-corrected chi connectivity index (χ4v) is 4.40. The molecule has 2 nitrogen and oxygen atoms in total. The van der Waals surface area contributed by atoms with Crippen LogP contribution in [0.4, 0.5) is 0 Å². The highest BCUT2D eigenvalue weighted by molar-refractivity contribution is 5.72. The number of esters is 1. The molecule has 3 aliphatic rings. The Hall–Kier alpha value is -0.530. The van der Waals surface area contributed by atoms with Gasteiger partial charge < -0.3 is 4.74 Å². The van der Waals surface area contributed by atoms with E-state index in [1.54, 1.807) is 0 Å². The van der Waals surface area contributed by atoms with E-state index < -0.39 is 0 Å². The van der Waals surface area contributed by atoms with Gasteiger partial charge in [0.2, 0.25) is 0 Å². The van der Waals surface area contributed by atoms with Crippen molar-refractivity contribution in [2.45, 2.75) is 39.5 Å². The number of carbonyl (C=O) groups is 1. The van der Waals surface area contributed by atoms with Crippen molar-refractivity contribution in [3.63, 3.8) is 0 Å². The molecule has 1 spiro atoms. The normalized spacial score (nSPS) is 48.2. The Kier molecular flexibility index (Phi) is 1.93. The summed E-state index contributed by atoms with van der Waals surface area (Å²) in [6.07, 6.45) is 4.67. The molecule has 0 amide bonds. The zero-order chi connectivity index (χ0) is 10.6. The van der Waals surface area contributed by atoms with Crippen LogP contribution in [0.3, 0.4) is 0 Å². The highest BCUT2D eigenvalue weighted by atomic mass is 16.5.